The molecule has 2 aromatic heterocycles. The smallest absolute Gasteiger partial charge is 0.236 e. The van der Waals surface area contributed by atoms with Crippen LogP contribution < -0.4 is 0 Å². The van der Waals surface area contributed by atoms with E-state index in [4.69, 9.17) is 4.42 Å². The van der Waals surface area contributed by atoms with Gasteiger partial charge in [0, 0.05) is 12.6 Å². The summed E-state index contributed by atoms with van der Waals surface area (Å²) in [6.45, 7) is 5.79. The summed E-state index contributed by atoms with van der Waals surface area (Å²) in [5.74, 6) is 1.11. The third-order valence-corrected chi connectivity index (χ3v) is 6.85. The van der Waals surface area contributed by atoms with Crippen molar-refractivity contribution in [3.63, 3.8) is 0 Å². The Labute approximate surface area is 151 Å². The van der Waals surface area contributed by atoms with Gasteiger partial charge in [0.15, 0.2) is 9.84 Å². The van der Waals surface area contributed by atoms with Gasteiger partial charge in [-0.25, -0.2) is 13.4 Å². The Bertz CT molecular complexity index is 869. The van der Waals surface area contributed by atoms with Crippen molar-refractivity contribution in [2.45, 2.75) is 25.8 Å². The lowest BCUT2D eigenvalue weighted by atomic mass is 10.1. The highest BCUT2D eigenvalue weighted by Crippen LogP contribution is 2.26. The molecule has 134 valence electrons. The van der Waals surface area contributed by atoms with Gasteiger partial charge in [0.25, 0.3) is 0 Å². The topological polar surface area (TPSA) is 80.5 Å². The minimum absolute atomic E-state index is 0.0187. The first kappa shape index (κ1) is 17.9. The van der Waals surface area contributed by atoms with E-state index >= 15 is 0 Å². The molecule has 6 nitrogen and oxygen atoms in total. The van der Waals surface area contributed by atoms with E-state index in [0.29, 0.717) is 30.3 Å². The van der Waals surface area contributed by atoms with Gasteiger partial charge in [-0.1, -0.05) is 12.1 Å². The number of rotatable bonds is 6. The van der Waals surface area contributed by atoms with Crippen LogP contribution in [0.2, 0.25) is 0 Å². The molecule has 0 N–H and O–H groups in total. The van der Waals surface area contributed by atoms with Gasteiger partial charge in [-0.05, 0) is 24.8 Å². The van der Waals surface area contributed by atoms with Gasteiger partial charge in [-0.15, -0.1) is 17.9 Å². The SMILES string of the molecule is C=CCN(C(=O)Cc1nc(-c2cccs2)oc1C)C1CCS(=O)(=O)C1. The zero-order valence-corrected chi connectivity index (χ0v) is 15.6. The second-order valence-corrected chi connectivity index (χ2v) is 9.24. The lowest BCUT2D eigenvalue weighted by molar-refractivity contribution is -0.131. The van der Waals surface area contributed by atoms with Crippen LogP contribution in [0.4, 0.5) is 0 Å². The van der Waals surface area contributed by atoms with Crippen LogP contribution in [0.3, 0.4) is 0 Å². The molecule has 0 aliphatic carbocycles. The van der Waals surface area contributed by atoms with Crippen molar-refractivity contribution in [1.82, 2.24) is 9.88 Å². The molecule has 1 amide bonds. The molecular formula is C17H20N2O4S2. The number of hydrogen-bond donors (Lipinski definition) is 0. The van der Waals surface area contributed by atoms with Crippen molar-refractivity contribution in [1.29, 1.82) is 0 Å². The van der Waals surface area contributed by atoms with Crippen LogP contribution in [-0.2, 0) is 21.1 Å². The van der Waals surface area contributed by atoms with E-state index < -0.39 is 9.84 Å². The van der Waals surface area contributed by atoms with Crippen LogP contribution >= 0.6 is 11.3 Å². The maximum atomic E-state index is 12.8. The monoisotopic (exact) mass is 380 g/mol. The van der Waals surface area contributed by atoms with Crippen molar-refractivity contribution < 1.29 is 17.6 Å². The summed E-state index contributed by atoms with van der Waals surface area (Å²) >= 11 is 1.52. The zero-order chi connectivity index (χ0) is 18.0. The predicted molar refractivity (Wildman–Crippen MR) is 97.2 cm³/mol. The zero-order valence-electron chi connectivity index (χ0n) is 14.0. The summed E-state index contributed by atoms with van der Waals surface area (Å²) in [6.07, 6.45) is 2.18. The molecule has 1 aliphatic rings. The van der Waals surface area contributed by atoms with E-state index in [1.807, 2.05) is 17.5 Å². The molecule has 1 atom stereocenters. The number of amides is 1. The third kappa shape index (κ3) is 4.01. The molecule has 1 saturated heterocycles. The number of carbonyl (C=O) groups is 1. The summed E-state index contributed by atoms with van der Waals surface area (Å²) in [4.78, 5) is 19.7. The van der Waals surface area contributed by atoms with Gasteiger partial charge in [0.05, 0.1) is 28.5 Å². The molecule has 2 aromatic rings. The maximum Gasteiger partial charge on any atom is 0.236 e. The maximum absolute atomic E-state index is 12.8. The van der Waals surface area contributed by atoms with Gasteiger partial charge in [-0.3, -0.25) is 4.79 Å². The van der Waals surface area contributed by atoms with Gasteiger partial charge in [0.2, 0.25) is 11.8 Å². The van der Waals surface area contributed by atoms with Crippen molar-refractivity contribution in [2.24, 2.45) is 0 Å². The highest BCUT2D eigenvalue weighted by molar-refractivity contribution is 7.91. The number of oxazole rings is 1. The second-order valence-electron chi connectivity index (χ2n) is 6.07. The molecule has 0 saturated carbocycles. The molecule has 3 rings (SSSR count). The van der Waals surface area contributed by atoms with Crippen LogP contribution in [0.1, 0.15) is 17.9 Å². The Morgan fingerprint density at radius 3 is 2.96 bits per heavy atom. The Morgan fingerprint density at radius 2 is 2.36 bits per heavy atom. The number of thiophene rings is 1. The molecule has 8 heteroatoms. The highest BCUT2D eigenvalue weighted by Gasteiger charge is 2.34. The summed E-state index contributed by atoms with van der Waals surface area (Å²) in [6, 6.07) is 3.53. The molecule has 1 aliphatic heterocycles. The predicted octanol–water partition coefficient (Wildman–Crippen LogP) is 2.46. The molecule has 0 radical (unpaired) electrons. The van der Waals surface area contributed by atoms with E-state index in [-0.39, 0.29) is 29.9 Å². The van der Waals surface area contributed by atoms with E-state index in [2.05, 4.69) is 11.6 Å². The molecule has 0 bridgehead atoms. The average Bonchev–Trinajstić information content (AvgIpc) is 3.26. The fourth-order valence-corrected chi connectivity index (χ4v) is 5.34. The van der Waals surface area contributed by atoms with Crippen LogP contribution in [0.15, 0.2) is 34.6 Å². The summed E-state index contributed by atoms with van der Waals surface area (Å²) in [7, 11) is -3.06. The minimum Gasteiger partial charge on any atom is -0.440 e. The Balaban J connectivity index is 1.76. The van der Waals surface area contributed by atoms with E-state index in [1.165, 1.54) is 11.3 Å². The van der Waals surface area contributed by atoms with Crippen molar-refractivity contribution in [3.05, 3.63) is 41.6 Å². The second kappa shape index (κ2) is 7.13. The fourth-order valence-electron chi connectivity index (χ4n) is 2.96. The minimum atomic E-state index is -3.06. The first-order valence-electron chi connectivity index (χ1n) is 8.00. The number of aryl methyl sites for hydroxylation is 1. The summed E-state index contributed by atoms with van der Waals surface area (Å²) < 4.78 is 29.1. The number of hydrogen-bond acceptors (Lipinski definition) is 6. The van der Waals surface area contributed by atoms with Gasteiger partial charge in [0.1, 0.15) is 5.76 Å². The molecular weight excluding hydrogens is 360 g/mol. The Kier molecular flexibility index (Phi) is 5.10. The normalized spacial score (nSPS) is 19.0. The third-order valence-electron chi connectivity index (χ3n) is 4.24. The first-order valence-corrected chi connectivity index (χ1v) is 10.7. The van der Waals surface area contributed by atoms with Crippen LogP contribution in [0.5, 0.6) is 0 Å². The lowest BCUT2D eigenvalue weighted by Crippen LogP contribution is -2.42. The molecule has 3 heterocycles. The highest BCUT2D eigenvalue weighted by atomic mass is 32.2. The van der Waals surface area contributed by atoms with Crippen LogP contribution in [0.25, 0.3) is 10.8 Å². The van der Waals surface area contributed by atoms with Crippen molar-refractivity contribution >= 4 is 27.1 Å². The molecule has 1 unspecified atom stereocenters. The van der Waals surface area contributed by atoms with Gasteiger partial charge in [-0.2, -0.15) is 0 Å². The number of carbonyl (C=O) groups excluding carboxylic acids is 1. The largest absolute Gasteiger partial charge is 0.440 e. The van der Waals surface area contributed by atoms with Gasteiger partial charge < -0.3 is 9.32 Å². The number of sulfone groups is 1. The van der Waals surface area contributed by atoms with Crippen LogP contribution in [0, 0.1) is 6.92 Å². The fraction of sp³-hybridized carbons (Fsp3) is 0.412. The van der Waals surface area contributed by atoms with Crippen LogP contribution in [-0.4, -0.2) is 48.3 Å². The Morgan fingerprint density at radius 1 is 1.56 bits per heavy atom. The quantitative estimate of drug-likeness (QED) is 0.719. The number of aromatic nitrogens is 1. The molecule has 1 fully saturated rings. The van der Waals surface area contributed by atoms with Crippen molar-refractivity contribution in [2.75, 3.05) is 18.1 Å². The summed E-state index contributed by atoms with van der Waals surface area (Å²) in [5, 5.41) is 1.94. The molecule has 0 aromatic carbocycles. The van der Waals surface area contributed by atoms with E-state index in [1.54, 1.807) is 17.9 Å². The van der Waals surface area contributed by atoms with Gasteiger partial charge >= 0.3 is 0 Å². The Hall–Kier alpha value is -1.93. The average molecular weight is 380 g/mol. The van der Waals surface area contributed by atoms with E-state index in [0.717, 1.165) is 4.88 Å². The molecule has 0 spiro atoms. The summed E-state index contributed by atoms with van der Waals surface area (Å²) in [5.41, 5.74) is 0.586. The lowest BCUT2D eigenvalue weighted by Gasteiger charge is -2.26. The first-order chi connectivity index (χ1) is 11.9. The van der Waals surface area contributed by atoms with Crippen molar-refractivity contribution in [3.8, 4) is 10.8 Å². The standard InChI is InChI=1S/C17H20N2O4S2/c1-3-7-19(13-6-9-25(21,22)11-13)16(20)10-14-12(2)23-17(18-14)15-5-4-8-24-15/h3-5,8,13H,1,6-7,9-11H2,2H3. The number of nitrogens with zero attached hydrogens (tertiary/aromatic N) is 2. The van der Waals surface area contributed by atoms with E-state index in [9.17, 15) is 13.2 Å². The molecule has 25 heavy (non-hydrogen) atoms.